The Balaban J connectivity index is 1.16. The van der Waals surface area contributed by atoms with Gasteiger partial charge in [0, 0.05) is 46.8 Å². The van der Waals surface area contributed by atoms with E-state index in [4.69, 9.17) is 7.48 Å². The molecule has 0 bridgehead atoms. The lowest BCUT2D eigenvalue weighted by molar-refractivity contribution is -0.140. The zero-order valence-electron chi connectivity index (χ0n) is 20.4. The average molecular weight is 464 g/mol. The summed E-state index contributed by atoms with van der Waals surface area (Å²) in [6.45, 7) is 1.68. The summed E-state index contributed by atoms with van der Waals surface area (Å²) in [7, 11) is 0. The van der Waals surface area contributed by atoms with E-state index < -0.39 is 18.4 Å². The van der Waals surface area contributed by atoms with Crippen LogP contribution in [-0.2, 0) is 10.9 Å². The third kappa shape index (κ3) is 5.30. The zero-order chi connectivity index (χ0) is 24.6. The van der Waals surface area contributed by atoms with Crippen LogP contribution in [-0.4, -0.2) is 58.9 Å². The molecular weight excluding hydrogens is 431 g/mol. The summed E-state index contributed by atoms with van der Waals surface area (Å²) in [5, 5.41) is 11.5. The normalized spacial score (nSPS) is 27.8. The monoisotopic (exact) mass is 463 g/mol. The Labute approximate surface area is 194 Å². The number of rotatable bonds is 6. The number of anilines is 1. The summed E-state index contributed by atoms with van der Waals surface area (Å²) in [5.41, 5.74) is -0.939. The third-order valence-corrected chi connectivity index (χ3v) is 7.06. The van der Waals surface area contributed by atoms with Crippen LogP contribution < -0.4 is 5.32 Å². The van der Waals surface area contributed by atoms with Crippen molar-refractivity contribution in [3.05, 3.63) is 36.2 Å². The fourth-order valence-corrected chi connectivity index (χ4v) is 5.36. The van der Waals surface area contributed by atoms with Crippen molar-refractivity contribution >= 4 is 5.82 Å². The Hall–Kier alpha value is -2.26. The minimum Gasteiger partial charge on any atom is -0.381 e. The first kappa shape index (κ1) is 20.1. The fraction of sp³-hybridized carbons (Fsp3) is 0.625. The first-order valence-electron chi connectivity index (χ1n) is 12.6. The van der Waals surface area contributed by atoms with E-state index in [1.54, 1.807) is 6.07 Å². The number of fused-ring (bicyclic) bond motifs is 1. The van der Waals surface area contributed by atoms with Crippen LogP contribution in [0.15, 0.2) is 30.5 Å². The molecule has 6 nitrogen and oxygen atoms in total. The predicted octanol–water partition coefficient (Wildman–Crippen LogP) is 4.50. The second-order valence-electron chi connectivity index (χ2n) is 9.36. The molecule has 2 aliphatic heterocycles. The fourth-order valence-electron chi connectivity index (χ4n) is 5.36. The van der Waals surface area contributed by atoms with Crippen molar-refractivity contribution in [3.8, 4) is 11.3 Å². The van der Waals surface area contributed by atoms with Gasteiger partial charge in [0.2, 0.25) is 0 Å². The highest BCUT2D eigenvalue weighted by molar-refractivity contribution is 5.62. The van der Waals surface area contributed by atoms with Gasteiger partial charge in [0.15, 0.2) is 5.69 Å². The number of likely N-dealkylation sites (tertiary alicyclic amines) is 1. The molecule has 0 amide bonds. The highest BCUT2D eigenvalue weighted by Gasteiger charge is 2.41. The molecule has 33 heavy (non-hydrogen) atoms. The topological polar surface area (TPSA) is 63.2 Å². The lowest BCUT2D eigenvalue weighted by atomic mass is 9.96. The molecule has 3 aliphatic rings. The molecule has 4 heterocycles. The van der Waals surface area contributed by atoms with Gasteiger partial charge in [-0.2, -0.15) is 13.2 Å². The number of pyridine rings is 1. The maximum absolute atomic E-state index is 13.3. The second-order valence-corrected chi connectivity index (χ2v) is 9.36. The van der Waals surface area contributed by atoms with Gasteiger partial charge in [-0.05, 0) is 80.6 Å². The Morgan fingerprint density at radius 2 is 1.85 bits per heavy atom. The summed E-state index contributed by atoms with van der Waals surface area (Å²) in [5.74, 6) is 1.76. The molecule has 2 atom stereocenters. The van der Waals surface area contributed by atoms with Crippen molar-refractivity contribution < 1.29 is 20.6 Å². The summed E-state index contributed by atoms with van der Waals surface area (Å²) in [6, 6.07) is 6.17. The van der Waals surface area contributed by atoms with Crippen LogP contribution in [0.25, 0.3) is 11.3 Å². The average Bonchev–Trinajstić information content (AvgIpc) is 3.39. The van der Waals surface area contributed by atoms with Gasteiger partial charge in [-0.15, -0.1) is 10.2 Å². The Bertz CT molecular complexity index is 1000. The van der Waals surface area contributed by atoms with Crippen LogP contribution >= 0.6 is 0 Å². The number of hydrogen-bond donors (Lipinski definition) is 1. The van der Waals surface area contributed by atoms with E-state index in [2.05, 4.69) is 20.5 Å². The molecule has 3 fully saturated rings. The van der Waals surface area contributed by atoms with Gasteiger partial charge in [-0.3, -0.25) is 4.98 Å². The predicted molar refractivity (Wildman–Crippen MR) is 118 cm³/mol. The van der Waals surface area contributed by atoms with Crippen molar-refractivity contribution in [1.82, 2.24) is 20.1 Å². The molecule has 1 aliphatic carbocycles. The minimum absolute atomic E-state index is 0.0930. The summed E-state index contributed by atoms with van der Waals surface area (Å²) in [6.07, 6.45) is 0.814. The number of aromatic nitrogens is 3. The number of nitrogens with zero attached hydrogens (tertiary/aromatic N) is 4. The van der Waals surface area contributed by atoms with E-state index in [1.165, 1.54) is 18.2 Å². The van der Waals surface area contributed by atoms with Crippen molar-refractivity contribution in [2.75, 3.05) is 38.1 Å². The highest BCUT2D eigenvalue weighted by Crippen LogP contribution is 2.40. The Morgan fingerprint density at radius 3 is 2.52 bits per heavy atom. The van der Waals surface area contributed by atoms with Crippen LogP contribution in [0.1, 0.15) is 40.5 Å². The van der Waals surface area contributed by atoms with Gasteiger partial charge < -0.3 is 15.0 Å². The van der Waals surface area contributed by atoms with E-state index in [0.29, 0.717) is 30.0 Å². The molecule has 2 saturated heterocycles. The van der Waals surface area contributed by atoms with E-state index in [0.717, 1.165) is 58.2 Å². The van der Waals surface area contributed by atoms with Crippen LogP contribution in [0.2, 0.25) is 0 Å². The lowest BCUT2D eigenvalue weighted by Gasteiger charge is -2.25. The smallest absolute Gasteiger partial charge is 0.381 e. The van der Waals surface area contributed by atoms with Gasteiger partial charge in [0.25, 0.3) is 0 Å². The quantitative estimate of drug-likeness (QED) is 0.681. The van der Waals surface area contributed by atoms with E-state index >= 15 is 0 Å². The summed E-state index contributed by atoms with van der Waals surface area (Å²) < 4.78 is 62.5. The highest BCUT2D eigenvalue weighted by atomic mass is 19.4. The summed E-state index contributed by atoms with van der Waals surface area (Å²) >= 11 is 0. The van der Waals surface area contributed by atoms with Gasteiger partial charge in [0.1, 0.15) is 5.82 Å². The van der Waals surface area contributed by atoms with Gasteiger partial charge in [0.05, 0.1) is 5.69 Å². The molecule has 1 N–H and O–H groups in total. The molecular formula is C24H30F3N5O. The summed E-state index contributed by atoms with van der Waals surface area (Å²) in [4.78, 5) is 5.50. The molecule has 5 rings (SSSR count). The Kier molecular flexibility index (Phi) is 5.82. The number of halogens is 3. The van der Waals surface area contributed by atoms with Gasteiger partial charge in [-0.25, -0.2) is 0 Å². The molecule has 1 saturated carbocycles. The maximum Gasteiger partial charge on any atom is 0.434 e. The van der Waals surface area contributed by atoms with E-state index in [9.17, 15) is 13.2 Å². The van der Waals surface area contributed by atoms with Gasteiger partial charge in [-0.1, -0.05) is 0 Å². The molecule has 2 aromatic heterocycles. The first-order valence-corrected chi connectivity index (χ1v) is 11.6. The molecule has 2 aromatic rings. The van der Waals surface area contributed by atoms with Crippen molar-refractivity contribution in [2.24, 2.45) is 17.8 Å². The van der Waals surface area contributed by atoms with E-state index in [1.807, 2.05) is 4.90 Å². The second kappa shape index (κ2) is 9.54. The molecule has 0 aromatic carbocycles. The van der Waals surface area contributed by atoms with Gasteiger partial charge >= 0.3 is 6.18 Å². The molecule has 0 spiro atoms. The molecule has 9 heteroatoms. The number of alkyl halides is 3. The maximum atomic E-state index is 13.3. The van der Waals surface area contributed by atoms with Crippen molar-refractivity contribution in [2.45, 2.75) is 44.3 Å². The number of hydrogen-bond acceptors (Lipinski definition) is 6. The molecule has 0 radical (unpaired) electrons. The first-order chi connectivity index (χ1) is 16.7. The molecule has 178 valence electrons. The van der Waals surface area contributed by atoms with Crippen LogP contribution in [0.3, 0.4) is 0 Å². The zero-order valence-corrected chi connectivity index (χ0v) is 18.4. The SMILES string of the molecule is [2H]C([2H])(CC1CCOCC1)N1CC2CC(Nc3ccc(-c4cccnc4C(F)(F)F)nn3)CC2C1. The lowest BCUT2D eigenvalue weighted by Crippen LogP contribution is -2.28. The van der Waals surface area contributed by atoms with Crippen LogP contribution in [0.5, 0.6) is 0 Å². The van der Waals surface area contributed by atoms with Crippen molar-refractivity contribution in [3.63, 3.8) is 0 Å². The number of nitrogens with one attached hydrogen (secondary N) is 1. The van der Waals surface area contributed by atoms with Crippen molar-refractivity contribution in [1.29, 1.82) is 0 Å². The van der Waals surface area contributed by atoms with E-state index in [-0.39, 0.29) is 17.3 Å². The van der Waals surface area contributed by atoms with Crippen LogP contribution in [0, 0.1) is 17.8 Å². The third-order valence-electron chi connectivity index (χ3n) is 7.06. The molecule has 2 unspecified atom stereocenters. The Morgan fingerprint density at radius 1 is 1.09 bits per heavy atom. The minimum atomic E-state index is -4.56. The number of ether oxygens (including phenoxy) is 1. The standard InChI is InChI=1S/C24H30F3N5O/c25-24(26,27)23-20(2-1-8-28-23)21-3-4-22(31-30-21)29-19-12-17-14-32(15-18(17)13-19)9-5-16-6-10-33-11-7-16/h1-4,8,16-19H,5-7,9-15H2,(H,29,31)/i9D2. The largest absolute Gasteiger partial charge is 0.434 e. The van der Waals surface area contributed by atoms with Crippen LogP contribution in [0.4, 0.5) is 19.0 Å².